The van der Waals surface area contributed by atoms with Gasteiger partial charge in [0.2, 0.25) is 16.8 Å². The zero-order valence-electron chi connectivity index (χ0n) is 57.1. The van der Waals surface area contributed by atoms with Crippen LogP contribution < -0.4 is 0 Å². The lowest BCUT2D eigenvalue weighted by Gasteiger charge is -2.40. The standard InChI is InChI=1S/C16H21F5O4.C15H19F5O6.C15H21F5O5.C14H17F5O5/c1-9(2)8-11(22)24-14(16(19,20)21)7-6-13(5,15(14,17)18)25-12(23)10(3)4;1-8(2)9(21)24-12(6)7-23-14(13(12,16)17,15(18,19)20)26-10(22)25-11(3,4)5;1-8(2)10(21)24-12(5)7-23-14(13(12,16)17,15(18,19)20)25-11(22-6)9(3)4;1-7(2)9(20)23-11(5)6-22-13(12(11,15)16,14(17,18)19)24-10(21)8(3)4/h9H,3,6-8H2,1-2,4-5H3;1,7H2,2-6H3;9,11H,1,7H2,2-6H3;8H,1,6H2,2-5H3. The van der Waals surface area contributed by atoms with Gasteiger partial charge in [0.05, 0.1) is 25.7 Å². The third-order valence-electron chi connectivity index (χ3n) is 14.5. The van der Waals surface area contributed by atoms with Crippen LogP contribution in [0.25, 0.3) is 0 Å². The summed E-state index contributed by atoms with van der Waals surface area (Å²) in [6, 6.07) is 0. The maximum atomic E-state index is 14.9. The zero-order chi connectivity index (χ0) is 79.6. The summed E-state index contributed by atoms with van der Waals surface area (Å²) in [7, 11) is 1.02. The molecule has 0 bridgehead atoms. The number of carbonyl (C=O) groups excluding carboxylic acids is 7. The summed E-state index contributed by atoms with van der Waals surface area (Å²) in [6.07, 6.45) is -28.9. The van der Waals surface area contributed by atoms with E-state index in [0.29, 0.717) is 27.7 Å². The summed E-state index contributed by atoms with van der Waals surface area (Å²) in [4.78, 5) is 81.0. The summed E-state index contributed by atoms with van der Waals surface area (Å²) >= 11 is 0. The lowest BCUT2D eigenvalue weighted by Crippen LogP contribution is -2.66. The molecule has 0 aromatic carbocycles. The Balaban J connectivity index is 0.000000667. The largest absolute Gasteiger partial charge is 0.511 e. The topological polar surface area (TPSA) is 239 Å². The van der Waals surface area contributed by atoms with Crippen molar-refractivity contribution in [2.24, 2.45) is 17.8 Å². The van der Waals surface area contributed by atoms with Crippen molar-refractivity contribution in [1.82, 2.24) is 0 Å². The molecule has 20 nitrogen and oxygen atoms in total. The molecule has 4 aliphatic rings. The summed E-state index contributed by atoms with van der Waals surface area (Å²) < 4.78 is 337. The van der Waals surface area contributed by atoms with Crippen LogP contribution in [0.3, 0.4) is 0 Å². The van der Waals surface area contributed by atoms with Gasteiger partial charge in [-0.3, -0.25) is 9.59 Å². The van der Waals surface area contributed by atoms with Crippen molar-refractivity contribution in [3.63, 3.8) is 0 Å². The van der Waals surface area contributed by atoms with Crippen LogP contribution in [-0.4, -0.2) is 175 Å². The van der Waals surface area contributed by atoms with Gasteiger partial charge in [0.25, 0.3) is 5.60 Å². The van der Waals surface area contributed by atoms with E-state index < -0.39 is 199 Å². The summed E-state index contributed by atoms with van der Waals surface area (Å²) in [5, 5.41) is 0. The molecule has 40 heteroatoms. The minimum atomic E-state index is -5.86. The number of hydrogen-bond donors (Lipinski definition) is 0. The number of alkyl halides is 20. The van der Waals surface area contributed by atoms with Crippen molar-refractivity contribution < 1.29 is 183 Å². The van der Waals surface area contributed by atoms with Crippen LogP contribution in [0.1, 0.15) is 137 Å². The van der Waals surface area contributed by atoms with Crippen molar-refractivity contribution in [2.45, 2.75) is 243 Å². The molecule has 3 heterocycles. The highest BCUT2D eigenvalue weighted by molar-refractivity contribution is 5.89. The predicted molar refractivity (Wildman–Crippen MR) is 300 cm³/mol. The van der Waals surface area contributed by atoms with Crippen molar-refractivity contribution >= 4 is 42.0 Å². The lowest BCUT2D eigenvalue weighted by molar-refractivity contribution is -0.451. The molecule has 4 rings (SSSR count). The van der Waals surface area contributed by atoms with Gasteiger partial charge < -0.3 is 61.6 Å². The van der Waals surface area contributed by atoms with Crippen LogP contribution in [0.4, 0.5) is 92.6 Å². The van der Waals surface area contributed by atoms with E-state index in [4.69, 9.17) is 4.74 Å². The molecule has 1 saturated carbocycles. The molecule has 578 valence electrons. The van der Waals surface area contributed by atoms with E-state index in [9.17, 15) is 121 Å². The van der Waals surface area contributed by atoms with Gasteiger partial charge in [0.15, 0.2) is 11.9 Å². The Morgan fingerprint density at radius 3 is 1.02 bits per heavy atom. The van der Waals surface area contributed by atoms with E-state index in [0.717, 1.165) is 21.0 Å². The molecule has 0 N–H and O–H groups in total. The number of halogens is 20. The van der Waals surface area contributed by atoms with E-state index in [1.165, 1.54) is 76.2 Å². The number of methoxy groups -OCH3 is 1. The first-order valence-corrected chi connectivity index (χ1v) is 29.1. The third-order valence-corrected chi connectivity index (χ3v) is 14.5. The lowest BCUT2D eigenvalue weighted by atomic mass is 9.91. The van der Waals surface area contributed by atoms with Crippen molar-refractivity contribution in [1.29, 1.82) is 0 Å². The number of hydrogen-bond acceptors (Lipinski definition) is 20. The molecule has 0 amide bonds. The summed E-state index contributed by atoms with van der Waals surface area (Å²) in [5.41, 5.74) is -18.2. The first kappa shape index (κ1) is 91.5. The van der Waals surface area contributed by atoms with E-state index in [2.05, 4.69) is 83.2 Å². The molecule has 1 aliphatic carbocycles. The highest BCUT2D eigenvalue weighted by atomic mass is 19.4. The van der Waals surface area contributed by atoms with Crippen LogP contribution in [-0.2, 0) is 90.3 Å². The predicted octanol–water partition coefficient (Wildman–Crippen LogP) is 14.3. The Hall–Kier alpha value is -6.55. The Morgan fingerprint density at radius 2 is 0.750 bits per heavy atom. The van der Waals surface area contributed by atoms with Gasteiger partial charge in [-0.25, -0.2) is 24.0 Å². The fraction of sp³-hybridized carbons (Fsp3) is 0.750. The van der Waals surface area contributed by atoms with Gasteiger partial charge >= 0.3 is 108 Å². The smallest absolute Gasteiger partial charge is 0.449 e. The Bertz CT molecular complexity index is 3060. The van der Waals surface area contributed by atoms with E-state index in [1.807, 2.05) is 0 Å². The first-order chi connectivity index (χ1) is 44.2. The minimum absolute atomic E-state index is 0.238. The summed E-state index contributed by atoms with van der Waals surface area (Å²) in [6.45, 7) is 28.0. The van der Waals surface area contributed by atoms with Gasteiger partial charge in [-0.05, 0) is 88.5 Å². The fourth-order valence-electron chi connectivity index (χ4n) is 8.61. The molecule has 0 radical (unpaired) electrons. The fourth-order valence-corrected chi connectivity index (χ4v) is 8.61. The van der Waals surface area contributed by atoms with Gasteiger partial charge in [-0.2, -0.15) is 87.8 Å². The normalized spacial score (nSPS) is 29.2. The molecule has 3 aliphatic heterocycles. The minimum Gasteiger partial charge on any atom is -0.449 e. The first-order valence-electron chi connectivity index (χ1n) is 29.1. The van der Waals surface area contributed by atoms with Crippen LogP contribution in [0.2, 0.25) is 0 Å². The second kappa shape index (κ2) is 30.4. The molecule has 0 aromatic heterocycles. The van der Waals surface area contributed by atoms with E-state index in [-0.39, 0.29) is 28.2 Å². The molecule has 100 heavy (non-hydrogen) atoms. The summed E-state index contributed by atoms with van der Waals surface area (Å²) in [5.74, 6) is -43.2. The van der Waals surface area contributed by atoms with Crippen LogP contribution in [0.5, 0.6) is 0 Å². The molecule has 4 fully saturated rings. The van der Waals surface area contributed by atoms with E-state index >= 15 is 0 Å². The number of rotatable bonds is 18. The molecular weight excluding hydrogens is 1420 g/mol. The van der Waals surface area contributed by atoms with Crippen LogP contribution >= 0.6 is 0 Å². The molecular formula is C60H78F20O20. The van der Waals surface area contributed by atoms with Gasteiger partial charge in [-0.1, -0.05) is 67.9 Å². The second-order valence-corrected chi connectivity index (χ2v) is 26.1. The van der Waals surface area contributed by atoms with Crippen molar-refractivity contribution in [3.05, 3.63) is 48.6 Å². The Kier molecular flexibility index (Phi) is 27.8. The average molecular weight is 1500 g/mol. The molecule has 9 unspecified atom stereocenters. The maximum Gasteiger partial charge on any atom is 0.511 e. The Labute approximate surface area is 559 Å². The number of carbonyl (C=O) groups is 7. The zero-order valence-corrected chi connectivity index (χ0v) is 57.1. The maximum absolute atomic E-state index is 14.9. The van der Waals surface area contributed by atoms with Crippen LogP contribution in [0.15, 0.2) is 48.6 Å². The number of ether oxygens (including phenoxy) is 13. The highest BCUT2D eigenvalue weighted by Crippen LogP contribution is 2.62. The van der Waals surface area contributed by atoms with Crippen molar-refractivity contribution in [2.75, 3.05) is 26.9 Å². The van der Waals surface area contributed by atoms with E-state index in [1.54, 1.807) is 0 Å². The molecule has 3 saturated heterocycles. The molecule has 9 atom stereocenters. The van der Waals surface area contributed by atoms with Crippen LogP contribution in [0, 0.1) is 17.8 Å². The monoisotopic (exact) mass is 1500 g/mol. The molecule has 0 aromatic rings. The van der Waals surface area contributed by atoms with Gasteiger partial charge in [-0.15, -0.1) is 0 Å². The Morgan fingerprint density at radius 1 is 0.440 bits per heavy atom. The second-order valence-electron chi connectivity index (χ2n) is 26.1. The van der Waals surface area contributed by atoms with Gasteiger partial charge in [0, 0.05) is 48.2 Å². The third kappa shape index (κ3) is 17.9. The highest BCUT2D eigenvalue weighted by Gasteiger charge is 2.89. The molecule has 0 spiro atoms. The van der Waals surface area contributed by atoms with Crippen molar-refractivity contribution in [3.8, 4) is 0 Å². The SMILES string of the molecule is C=C(C)C(=O)OC1(C)CCC(OC(=O)CC(C)C)(C(F)(F)F)C1(F)F.C=C(C)C(=O)OC1(C)COC(OC(=O)C(C)C)(C(F)(F)F)C1(F)F.C=C(C)C(=O)OC1(C)COC(OC(=O)OC(C)(C)C)(C(F)(F)F)C1(F)F.C=C(C)C(=O)OC1(C)COC(OC(OC)C(C)C)(C(F)(F)F)C1(F)F. The number of esters is 6. The quantitative estimate of drug-likeness (QED) is 0.0407. The van der Waals surface area contributed by atoms with Gasteiger partial charge in [0.1, 0.15) is 5.60 Å². The average Bonchev–Trinajstić information content (AvgIpc) is 1.55.